The molecule has 2 N–H and O–H groups in total. The summed E-state index contributed by atoms with van der Waals surface area (Å²) >= 11 is 1.65. The molecule has 1 saturated carbocycles. The molecule has 0 spiro atoms. The molecule has 1 aliphatic rings. The molecule has 1 fully saturated rings. The predicted molar refractivity (Wildman–Crippen MR) is 106 cm³/mol. The monoisotopic (exact) mass is 381 g/mol. The molecule has 1 aromatic carbocycles. The first-order chi connectivity index (χ1) is 11.7. The van der Waals surface area contributed by atoms with Gasteiger partial charge in [-0.05, 0) is 70.6 Å². The number of hydrogen-bond donors (Lipinski definition) is 2. The Kier molecular flexibility index (Phi) is 5.37. The lowest BCUT2D eigenvalue weighted by atomic mass is 9.86. The Morgan fingerprint density at radius 3 is 2.60 bits per heavy atom. The summed E-state index contributed by atoms with van der Waals surface area (Å²) in [5, 5.41) is 3.52. The lowest BCUT2D eigenvalue weighted by Crippen LogP contribution is -2.46. The second-order valence-electron chi connectivity index (χ2n) is 7.87. The number of rotatable bonds is 5. The Balaban J connectivity index is 1.48. The molecule has 2 aromatic rings. The van der Waals surface area contributed by atoms with Crippen LogP contribution in [0, 0.1) is 5.92 Å². The maximum Gasteiger partial charge on any atom is 0.216 e. The average Bonchev–Trinajstić information content (AvgIpc) is 3.00. The summed E-state index contributed by atoms with van der Waals surface area (Å²) in [6, 6.07) is 6.35. The zero-order valence-electron chi connectivity index (χ0n) is 15.1. The van der Waals surface area contributed by atoms with Gasteiger partial charge in [0.2, 0.25) is 10.0 Å². The van der Waals surface area contributed by atoms with Gasteiger partial charge < -0.3 is 5.32 Å². The molecule has 0 amide bonds. The van der Waals surface area contributed by atoms with E-state index < -0.39 is 14.8 Å². The first kappa shape index (κ1) is 18.6. The van der Waals surface area contributed by atoms with Crippen LogP contribution < -0.4 is 10.0 Å². The number of thiazole rings is 1. The molecule has 1 heterocycles. The zero-order chi connectivity index (χ0) is 18.1. The molecule has 7 heteroatoms. The number of benzene rings is 1. The molecule has 25 heavy (non-hydrogen) atoms. The van der Waals surface area contributed by atoms with E-state index >= 15 is 0 Å². The molecule has 3 rings (SSSR count). The fourth-order valence-corrected chi connectivity index (χ4v) is 4.85. The van der Waals surface area contributed by atoms with E-state index in [9.17, 15) is 8.42 Å². The van der Waals surface area contributed by atoms with Gasteiger partial charge in [0.1, 0.15) is 0 Å². The number of aromatic nitrogens is 1. The van der Waals surface area contributed by atoms with Gasteiger partial charge in [0.25, 0.3) is 0 Å². The molecule has 0 radical (unpaired) electrons. The highest BCUT2D eigenvalue weighted by atomic mass is 32.2. The van der Waals surface area contributed by atoms with E-state index in [1.165, 1.54) is 4.70 Å². The van der Waals surface area contributed by atoms with Crippen molar-refractivity contribution in [1.29, 1.82) is 0 Å². The van der Waals surface area contributed by atoms with E-state index in [4.69, 9.17) is 0 Å². The van der Waals surface area contributed by atoms with Gasteiger partial charge in [-0.15, -0.1) is 11.3 Å². The Morgan fingerprint density at radius 1 is 1.20 bits per heavy atom. The van der Waals surface area contributed by atoms with Gasteiger partial charge in [-0.25, -0.2) is 18.1 Å². The third kappa shape index (κ3) is 4.51. The molecular formula is C18H27N3O2S2. The number of hydrogen-bond acceptors (Lipinski definition) is 5. The summed E-state index contributed by atoms with van der Waals surface area (Å²) in [6.07, 6.45) is 3.92. The normalized spacial score (nSPS) is 22.2. The average molecular weight is 382 g/mol. The van der Waals surface area contributed by atoms with Crippen LogP contribution in [0.25, 0.3) is 10.2 Å². The van der Waals surface area contributed by atoms with E-state index in [-0.39, 0.29) is 6.04 Å². The quantitative estimate of drug-likeness (QED) is 0.822. The van der Waals surface area contributed by atoms with E-state index in [1.807, 2.05) is 11.6 Å². The molecule has 1 aromatic heterocycles. The van der Waals surface area contributed by atoms with Crippen molar-refractivity contribution in [1.82, 2.24) is 9.71 Å². The molecule has 1 aliphatic carbocycles. The van der Waals surface area contributed by atoms with Gasteiger partial charge in [0.05, 0.1) is 20.5 Å². The smallest absolute Gasteiger partial charge is 0.216 e. The van der Waals surface area contributed by atoms with Gasteiger partial charge in [0.15, 0.2) is 0 Å². The van der Waals surface area contributed by atoms with Crippen molar-refractivity contribution in [3.63, 3.8) is 0 Å². The molecule has 0 unspecified atom stereocenters. The highest BCUT2D eigenvalue weighted by Gasteiger charge is 2.32. The van der Waals surface area contributed by atoms with Crippen molar-refractivity contribution in [2.75, 3.05) is 11.9 Å². The molecular weight excluding hydrogens is 354 g/mol. The van der Waals surface area contributed by atoms with Gasteiger partial charge in [-0.3, -0.25) is 0 Å². The Bertz CT molecular complexity index is 816. The van der Waals surface area contributed by atoms with Crippen LogP contribution in [0.2, 0.25) is 0 Å². The minimum absolute atomic E-state index is 0.0778. The molecule has 0 bridgehead atoms. The van der Waals surface area contributed by atoms with Crippen molar-refractivity contribution < 1.29 is 8.42 Å². The maximum absolute atomic E-state index is 12.3. The molecule has 138 valence electrons. The lowest BCUT2D eigenvalue weighted by molar-refractivity contribution is 0.322. The van der Waals surface area contributed by atoms with Crippen molar-refractivity contribution in [3.05, 3.63) is 23.7 Å². The third-order valence-corrected chi connectivity index (χ3v) is 7.95. The number of sulfonamides is 1. The van der Waals surface area contributed by atoms with Crippen LogP contribution in [0.4, 0.5) is 5.69 Å². The van der Waals surface area contributed by atoms with Crippen LogP contribution in [0.5, 0.6) is 0 Å². The maximum atomic E-state index is 12.3. The molecule has 5 nitrogen and oxygen atoms in total. The van der Waals surface area contributed by atoms with Crippen LogP contribution in [0.1, 0.15) is 46.5 Å². The second-order valence-corrected chi connectivity index (χ2v) is 11.2. The summed E-state index contributed by atoms with van der Waals surface area (Å²) < 4.78 is 27.9. The summed E-state index contributed by atoms with van der Waals surface area (Å²) in [6.45, 7) is 6.16. The lowest BCUT2D eigenvalue weighted by Gasteiger charge is -2.31. The largest absolute Gasteiger partial charge is 0.385 e. The Morgan fingerprint density at radius 2 is 1.92 bits per heavy atom. The van der Waals surface area contributed by atoms with E-state index in [0.29, 0.717) is 5.92 Å². The number of anilines is 1. The minimum Gasteiger partial charge on any atom is -0.385 e. The third-order valence-electron chi connectivity index (χ3n) is 4.90. The van der Waals surface area contributed by atoms with Crippen LogP contribution in [-0.2, 0) is 10.0 Å². The predicted octanol–water partition coefficient (Wildman–Crippen LogP) is 3.98. The summed E-state index contributed by atoms with van der Waals surface area (Å²) in [5.74, 6) is 0.590. The van der Waals surface area contributed by atoms with Crippen molar-refractivity contribution in [2.45, 2.75) is 57.2 Å². The van der Waals surface area contributed by atoms with Crippen LogP contribution in [0.15, 0.2) is 23.7 Å². The zero-order valence-corrected chi connectivity index (χ0v) is 16.7. The van der Waals surface area contributed by atoms with Gasteiger partial charge in [-0.1, -0.05) is 0 Å². The van der Waals surface area contributed by atoms with Crippen molar-refractivity contribution in [3.8, 4) is 0 Å². The number of nitrogens with one attached hydrogen (secondary N) is 2. The number of nitrogens with zero attached hydrogens (tertiary/aromatic N) is 1. The SMILES string of the molecule is CC(C)(C)S(=O)(=O)N[C@H]1CC[C@H](CNc2ccc3ncsc3c2)CC1. The van der Waals surface area contributed by atoms with E-state index in [0.717, 1.165) is 43.4 Å². The van der Waals surface area contributed by atoms with E-state index in [2.05, 4.69) is 27.2 Å². The fourth-order valence-electron chi connectivity index (χ4n) is 3.11. The van der Waals surface area contributed by atoms with Crippen molar-refractivity contribution >= 4 is 37.3 Å². The Hall–Kier alpha value is -1.18. The molecule has 0 atom stereocenters. The van der Waals surface area contributed by atoms with Crippen LogP contribution >= 0.6 is 11.3 Å². The molecule has 0 aliphatic heterocycles. The Labute approximate surface area is 154 Å². The summed E-state index contributed by atoms with van der Waals surface area (Å²) in [4.78, 5) is 4.30. The van der Waals surface area contributed by atoms with Crippen LogP contribution in [-0.4, -0.2) is 30.7 Å². The highest BCUT2D eigenvalue weighted by Crippen LogP contribution is 2.27. The van der Waals surface area contributed by atoms with Gasteiger partial charge in [-0.2, -0.15) is 0 Å². The van der Waals surface area contributed by atoms with Crippen molar-refractivity contribution in [2.24, 2.45) is 5.92 Å². The molecule has 0 saturated heterocycles. The summed E-state index contributed by atoms with van der Waals surface area (Å²) in [5.41, 5.74) is 4.04. The number of fused-ring (bicyclic) bond motifs is 1. The first-order valence-corrected chi connectivity index (χ1v) is 11.2. The van der Waals surface area contributed by atoms with E-state index in [1.54, 1.807) is 32.1 Å². The fraction of sp³-hybridized carbons (Fsp3) is 0.611. The standard InChI is InChI=1S/C18H27N3O2S2/c1-18(2,3)25(22,23)21-14-6-4-13(5-7-14)11-19-15-8-9-16-17(10-15)24-12-20-16/h8-10,12-14,19,21H,4-7,11H2,1-3H3/t13-,14-. The second kappa shape index (κ2) is 7.21. The first-order valence-electron chi connectivity index (χ1n) is 8.83. The van der Waals surface area contributed by atoms with Gasteiger partial charge in [0, 0.05) is 18.3 Å². The summed E-state index contributed by atoms with van der Waals surface area (Å²) in [7, 11) is -3.26. The van der Waals surface area contributed by atoms with Gasteiger partial charge >= 0.3 is 0 Å². The highest BCUT2D eigenvalue weighted by molar-refractivity contribution is 7.90. The van der Waals surface area contributed by atoms with Crippen LogP contribution in [0.3, 0.4) is 0 Å². The topological polar surface area (TPSA) is 71.1 Å². The minimum atomic E-state index is -3.26.